The predicted octanol–water partition coefficient (Wildman–Crippen LogP) is 6.36. The Kier molecular flexibility index (Phi) is 5.55. The lowest BCUT2D eigenvalue weighted by Gasteiger charge is -2.20. The molecule has 0 saturated carbocycles. The van der Waals surface area contributed by atoms with E-state index in [-0.39, 0.29) is 18.3 Å². The fraction of sp³-hybridized carbons (Fsp3) is 0.160. The quantitative estimate of drug-likeness (QED) is 0.416. The van der Waals surface area contributed by atoms with Gasteiger partial charge in [0.1, 0.15) is 23.9 Å². The Morgan fingerprint density at radius 2 is 1.97 bits per heavy atom. The van der Waals surface area contributed by atoms with Crippen molar-refractivity contribution in [1.82, 2.24) is 0 Å². The van der Waals surface area contributed by atoms with Crippen molar-refractivity contribution >= 4 is 35.1 Å². The van der Waals surface area contributed by atoms with Crippen LogP contribution in [-0.4, -0.2) is 12.6 Å². The SMILES string of the molecule is Cc1cc(OCc2ccccc2Cl)cc2c1C(=O)/C(=C/c1cc(Cl)cc3c1OCOC3)O2. The standard InChI is InChI=1S/C25H18Cl2O5/c1-14-6-19(30-12-15-4-2-3-5-20(15)27)10-21-23(14)24(28)22(32-21)9-16-7-18(26)8-17-11-29-13-31-25(16)17/h2-10H,11-13H2,1H3/b22-9-. The Balaban J connectivity index is 1.43. The normalized spacial score (nSPS) is 15.7. The first-order valence-corrected chi connectivity index (χ1v) is 10.7. The first-order valence-electron chi connectivity index (χ1n) is 9.97. The van der Waals surface area contributed by atoms with Crippen LogP contribution in [0.25, 0.3) is 6.08 Å². The molecule has 162 valence electrons. The zero-order chi connectivity index (χ0) is 22.2. The molecule has 0 spiro atoms. The van der Waals surface area contributed by atoms with Crippen LogP contribution in [0, 0.1) is 6.92 Å². The zero-order valence-corrected chi connectivity index (χ0v) is 18.6. The summed E-state index contributed by atoms with van der Waals surface area (Å²) in [5.74, 6) is 1.69. The van der Waals surface area contributed by atoms with Gasteiger partial charge in [-0.3, -0.25) is 4.79 Å². The van der Waals surface area contributed by atoms with Crippen LogP contribution in [0.2, 0.25) is 10.0 Å². The number of ketones is 1. The number of aryl methyl sites for hydroxylation is 1. The molecule has 0 aromatic heterocycles. The molecule has 0 radical (unpaired) electrons. The minimum absolute atomic E-state index is 0.144. The van der Waals surface area contributed by atoms with Gasteiger partial charge in [0.15, 0.2) is 12.6 Å². The number of ether oxygens (including phenoxy) is 4. The number of carbonyl (C=O) groups excluding carboxylic acids is 1. The van der Waals surface area contributed by atoms with Crippen LogP contribution in [0.5, 0.6) is 17.2 Å². The first-order chi connectivity index (χ1) is 15.5. The topological polar surface area (TPSA) is 54.0 Å². The molecule has 7 heteroatoms. The molecule has 0 N–H and O–H groups in total. The third-order valence-corrected chi connectivity index (χ3v) is 5.87. The van der Waals surface area contributed by atoms with Crippen LogP contribution in [0.15, 0.2) is 54.3 Å². The molecule has 0 unspecified atom stereocenters. The Bertz CT molecular complexity index is 1270. The summed E-state index contributed by atoms with van der Waals surface area (Å²) in [7, 11) is 0. The van der Waals surface area contributed by atoms with Crippen LogP contribution in [0.4, 0.5) is 0 Å². The number of rotatable bonds is 4. The highest BCUT2D eigenvalue weighted by molar-refractivity contribution is 6.31. The molecule has 3 aromatic carbocycles. The highest BCUT2D eigenvalue weighted by atomic mass is 35.5. The summed E-state index contributed by atoms with van der Waals surface area (Å²) in [5.41, 5.74) is 3.65. The number of hydrogen-bond donors (Lipinski definition) is 0. The zero-order valence-electron chi connectivity index (χ0n) is 17.1. The van der Waals surface area contributed by atoms with Crippen LogP contribution in [0.3, 0.4) is 0 Å². The highest BCUT2D eigenvalue weighted by Crippen LogP contribution is 2.39. The van der Waals surface area contributed by atoms with Crippen molar-refractivity contribution in [2.45, 2.75) is 20.1 Å². The van der Waals surface area contributed by atoms with Gasteiger partial charge < -0.3 is 18.9 Å². The molecule has 0 saturated heterocycles. The lowest BCUT2D eigenvalue weighted by Crippen LogP contribution is -2.12. The van der Waals surface area contributed by atoms with Gasteiger partial charge in [0, 0.05) is 32.8 Å². The van der Waals surface area contributed by atoms with E-state index in [1.165, 1.54) is 0 Å². The fourth-order valence-corrected chi connectivity index (χ4v) is 4.23. The molecule has 2 heterocycles. The van der Waals surface area contributed by atoms with Gasteiger partial charge in [-0.05, 0) is 42.8 Å². The van der Waals surface area contributed by atoms with Gasteiger partial charge >= 0.3 is 0 Å². The number of allylic oxidation sites excluding steroid dienone is 1. The number of benzene rings is 3. The summed E-state index contributed by atoms with van der Waals surface area (Å²) in [6.07, 6.45) is 1.65. The van der Waals surface area contributed by atoms with Crippen LogP contribution in [-0.2, 0) is 18.0 Å². The average Bonchev–Trinajstić information content (AvgIpc) is 3.08. The van der Waals surface area contributed by atoms with Crippen molar-refractivity contribution in [3.63, 3.8) is 0 Å². The Hall–Kier alpha value is -2.99. The molecule has 5 rings (SSSR count). The fourth-order valence-electron chi connectivity index (χ4n) is 3.79. The van der Waals surface area contributed by atoms with Gasteiger partial charge in [0.05, 0.1) is 12.2 Å². The third kappa shape index (κ3) is 3.95. The van der Waals surface area contributed by atoms with Gasteiger partial charge in [0.2, 0.25) is 5.78 Å². The maximum Gasteiger partial charge on any atom is 0.232 e. The lowest BCUT2D eigenvalue weighted by molar-refractivity contribution is -0.0165. The van der Waals surface area contributed by atoms with E-state index < -0.39 is 0 Å². The number of fused-ring (bicyclic) bond motifs is 2. The molecular formula is C25H18Cl2O5. The highest BCUT2D eigenvalue weighted by Gasteiger charge is 2.31. The van der Waals surface area contributed by atoms with Crippen molar-refractivity contribution in [1.29, 1.82) is 0 Å². The number of carbonyl (C=O) groups is 1. The summed E-state index contributed by atoms with van der Waals surface area (Å²) in [4.78, 5) is 13.1. The number of Topliss-reactive ketones (excluding diaryl/α,β-unsaturated/α-hetero) is 1. The Labute approximate surface area is 195 Å². The largest absolute Gasteiger partial charge is 0.489 e. The van der Waals surface area contributed by atoms with E-state index >= 15 is 0 Å². The number of hydrogen-bond acceptors (Lipinski definition) is 5. The van der Waals surface area contributed by atoms with Crippen LogP contribution >= 0.6 is 23.2 Å². The third-order valence-electron chi connectivity index (χ3n) is 5.29. The van der Waals surface area contributed by atoms with Crippen molar-refractivity contribution < 1.29 is 23.7 Å². The van der Waals surface area contributed by atoms with Crippen molar-refractivity contribution in [3.05, 3.63) is 92.2 Å². The monoisotopic (exact) mass is 468 g/mol. The van der Waals surface area contributed by atoms with E-state index in [1.54, 1.807) is 24.3 Å². The van der Waals surface area contributed by atoms with E-state index in [1.807, 2.05) is 37.3 Å². The van der Waals surface area contributed by atoms with E-state index in [0.717, 1.165) is 16.7 Å². The maximum absolute atomic E-state index is 13.1. The second kappa shape index (κ2) is 8.51. The van der Waals surface area contributed by atoms with Crippen LogP contribution in [0.1, 0.15) is 32.6 Å². The molecule has 0 bridgehead atoms. The van der Waals surface area contributed by atoms with Crippen molar-refractivity contribution in [2.75, 3.05) is 6.79 Å². The van der Waals surface area contributed by atoms with Gasteiger partial charge in [-0.25, -0.2) is 0 Å². The number of halogens is 2. The molecule has 5 nitrogen and oxygen atoms in total. The van der Waals surface area contributed by atoms with E-state index in [0.29, 0.717) is 51.6 Å². The summed E-state index contributed by atoms with van der Waals surface area (Å²) < 4.78 is 22.8. The Morgan fingerprint density at radius 1 is 1.12 bits per heavy atom. The average molecular weight is 469 g/mol. The summed E-state index contributed by atoms with van der Waals surface area (Å²) >= 11 is 12.5. The molecule has 3 aromatic rings. The maximum atomic E-state index is 13.1. The molecule has 0 fully saturated rings. The molecule has 0 atom stereocenters. The van der Waals surface area contributed by atoms with Gasteiger partial charge in [-0.15, -0.1) is 0 Å². The van der Waals surface area contributed by atoms with Crippen molar-refractivity contribution in [3.8, 4) is 17.2 Å². The second-order valence-electron chi connectivity index (χ2n) is 7.53. The summed E-state index contributed by atoms with van der Waals surface area (Å²) in [6.45, 7) is 2.70. The van der Waals surface area contributed by atoms with E-state index in [9.17, 15) is 4.79 Å². The van der Waals surface area contributed by atoms with E-state index in [2.05, 4.69) is 0 Å². The minimum atomic E-state index is -0.198. The molecule has 0 amide bonds. The first kappa shape index (κ1) is 20.9. The molecule has 2 aliphatic rings. The molecule has 32 heavy (non-hydrogen) atoms. The van der Waals surface area contributed by atoms with Crippen molar-refractivity contribution in [2.24, 2.45) is 0 Å². The molecule has 0 aliphatic carbocycles. The second-order valence-corrected chi connectivity index (χ2v) is 8.37. The molecular weight excluding hydrogens is 451 g/mol. The summed E-state index contributed by atoms with van der Waals surface area (Å²) in [5, 5.41) is 1.17. The van der Waals surface area contributed by atoms with Gasteiger partial charge in [0.25, 0.3) is 0 Å². The lowest BCUT2D eigenvalue weighted by atomic mass is 10.0. The minimum Gasteiger partial charge on any atom is -0.489 e. The summed E-state index contributed by atoms with van der Waals surface area (Å²) in [6, 6.07) is 14.6. The smallest absolute Gasteiger partial charge is 0.232 e. The van der Waals surface area contributed by atoms with E-state index in [4.69, 9.17) is 42.1 Å². The van der Waals surface area contributed by atoms with Gasteiger partial charge in [-0.2, -0.15) is 0 Å². The van der Waals surface area contributed by atoms with Gasteiger partial charge in [-0.1, -0.05) is 41.4 Å². The Morgan fingerprint density at radius 3 is 2.81 bits per heavy atom. The predicted molar refractivity (Wildman–Crippen MR) is 122 cm³/mol. The molecule has 2 aliphatic heterocycles. The van der Waals surface area contributed by atoms with Crippen LogP contribution < -0.4 is 14.2 Å².